The van der Waals surface area contributed by atoms with Gasteiger partial charge in [-0.25, -0.2) is 4.79 Å². The molecule has 148 valence electrons. The van der Waals surface area contributed by atoms with Crippen molar-refractivity contribution in [3.05, 3.63) is 58.5 Å². The lowest BCUT2D eigenvalue weighted by Crippen LogP contribution is -2.39. The summed E-state index contributed by atoms with van der Waals surface area (Å²) in [5.74, 6) is -0.122. The first-order valence-corrected chi connectivity index (χ1v) is 8.59. The summed E-state index contributed by atoms with van der Waals surface area (Å²) in [5.41, 5.74) is 2.38. The van der Waals surface area contributed by atoms with E-state index in [0.717, 1.165) is 5.56 Å². The topological polar surface area (TPSA) is 90.2 Å². The summed E-state index contributed by atoms with van der Waals surface area (Å²) >= 11 is 0. The Labute approximate surface area is 159 Å². The highest BCUT2D eigenvalue weighted by Gasteiger charge is 2.18. The minimum absolute atomic E-state index is 0.0883. The fourth-order valence-electron chi connectivity index (χ4n) is 2.76. The zero-order chi connectivity index (χ0) is 20.3. The lowest BCUT2D eigenvalue weighted by molar-refractivity contribution is -0.120. The first kappa shape index (κ1) is 19.6. The van der Waals surface area contributed by atoms with Crippen LogP contribution in [-0.4, -0.2) is 40.5 Å². The summed E-state index contributed by atoms with van der Waals surface area (Å²) in [7, 11) is 1.79. The lowest BCUT2D eigenvalue weighted by Gasteiger charge is -2.24. The van der Waals surface area contributed by atoms with Crippen molar-refractivity contribution in [2.24, 2.45) is 0 Å². The van der Waals surface area contributed by atoms with Crippen molar-refractivity contribution in [1.82, 2.24) is 14.9 Å². The highest BCUT2D eigenvalue weighted by atomic mass is 19.3. The molecule has 1 heterocycles. The normalized spacial score (nSPS) is 12.5. The van der Waals surface area contributed by atoms with Crippen molar-refractivity contribution in [3.8, 4) is 5.75 Å². The van der Waals surface area contributed by atoms with Gasteiger partial charge in [0.1, 0.15) is 5.75 Å². The van der Waals surface area contributed by atoms with Crippen LogP contribution in [0.3, 0.4) is 0 Å². The number of halogens is 2. The Balaban J connectivity index is 1.60. The van der Waals surface area contributed by atoms with E-state index in [2.05, 4.69) is 20.0 Å². The average Bonchev–Trinajstić information content (AvgIpc) is 3.01. The number of nitrogens with one attached hydrogen (secondary N) is 3. The Morgan fingerprint density at radius 1 is 1.14 bits per heavy atom. The maximum absolute atomic E-state index is 12.5. The van der Waals surface area contributed by atoms with E-state index in [9.17, 15) is 18.4 Å². The highest BCUT2D eigenvalue weighted by molar-refractivity contribution is 5.96. The van der Waals surface area contributed by atoms with Gasteiger partial charge in [-0.15, -0.1) is 0 Å². The summed E-state index contributed by atoms with van der Waals surface area (Å²) in [5, 5.41) is 2.82. The van der Waals surface area contributed by atoms with Crippen LogP contribution in [0.1, 0.15) is 12.5 Å². The second-order valence-corrected chi connectivity index (χ2v) is 6.44. The third-order valence-electron chi connectivity index (χ3n) is 4.40. The monoisotopic (exact) mass is 390 g/mol. The van der Waals surface area contributed by atoms with E-state index in [-0.39, 0.29) is 17.3 Å². The van der Waals surface area contributed by atoms with Gasteiger partial charge < -0.3 is 20.0 Å². The smallest absolute Gasteiger partial charge is 0.387 e. The molecule has 28 heavy (non-hydrogen) atoms. The molecular formula is C19H20F2N4O3. The van der Waals surface area contributed by atoms with E-state index in [0.29, 0.717) is 23.3 Å². The Bertz CT molecular complexity index is 1010. The molecular weight excluding hydrogens is 370 g/mol. The number of carbonyl (C=O) groups is 1. The van der Waals surface area contributed by atoms with Crippen LogP contribution in [-0.2, 0) is 11.3 Å². The molecule has 2 aromatic carbocycles. The van der Waals surface area contributed by atoms with Gasteiger partial charge in [-0.2, -0.15) is 8.78 Å². The number of anilines is 1. The van der Waals surface area contributed by atoms with Gasteiger partial charge in [-0.05, 0) is 49.9 Å². The van der Waals surface area contributed by atoms with Crippen molar-refractivity contribution in [1.29, 1.82) is 0 Å². The molecule has 0 spiro atoms. The maximum Gasteiger partial charge on any atom is 0.387 e. The van der Waals surface area contributed by atoms with E-state index < -0.39 is 12.7 Å². The summed E-state index contributed by atoms with van der Waals surface area (Å²) in [6.07, 6.45) is 0. The Morgan fingerprint density at radius 2 is 1.82 bits per heavy atom. The van der Waals surface area contributed by atoms with Gasteiger partial charge in [0.25, 0.3) is 0 Å². The number of nitrogens with zero attached hydrogens (tertiary/aromatic N) is 1. The molecule has 3 rings (SSSR count). The van der Waals surface area contributed by atoms with Crippen LogP contribution >= 0.6 is 0 Å². The quantitative estimate of drug-likeness (QED) is 0.579. The molecule has 0 aliphatic carbocycles. The molecule has 0 unspecified atom stereocenters. The van der Waals surface area contributed by atoms with Gasteiger partial charge >= 0.3 is 12.3 Å². The number of rotatable bonds is 7. The van der Waals surface area contributed by atoms with E-state index >= 15 is 0 Å². The Morgan fingerprint density at radius 3 is 2.50 bits per heavy atom. The van der Waals surface area contributed by atoms with E-state index in [1.54, 1.807) is 44.3 Å². The summed E-state index contributed by atoms with van der Waals surface area (Å²) in [4.78, 5) is 31.0. The molecule has 9 heteroatoms. The van der Waals surface area contributed by atoms with Crippen LogP contribution in [0.2, 0.25) is 0 Å². The Hall–Kier alpha value is -3.20. The molecule has 0 radical (unpaired) electrons. The van der Waals surface area contributed by atoms with Crippen molar-refractivity contribution in [2.45, 2.75) is 26.1 Å². The second kappa shape index (κ2) is 8.22. The number of hydrogen-bond acceptors (Lipinski definition) is 4. The average molecular weight is 390 g/mol. The third-order valence-corrected chi connectivity index (χ3v) is 4.40. The van der Waals surface area contributed by atoms with Gasteiger partial charge in [0.05, 0.1) is 17.1 Å². The first-order valence-electron chi connectivity index (χ1n) is 8.59. The number of imidazole rings is 1. The van der Waals surface area contributed by atoms with E-state index in [4.69, 9.17) is 0 Å². The van der Waals surface area contributed by atoms with Crippen LogP contribution in [0.25, 0.3) is 11.0 Å². The zero-order valence-corrected chi connectivity index (χ0v) is 15.3. The number of hydrogen-bond donors (Lipinski definition) is 3. The predicted molar refractivity (Wildman–Crippen MR) is 102 cm³/mol. The number of aromatic amines is 2. The number of carbonyl (C=O) groups excluding carboxylic acids is 1. The lowest BCUT2D eigenvalue weighted by atomic mass is 10.1. The number of amides is 1. The van der Waals surface area contributed by atoms with Crippen molar-refractivity contribution in [3.63, 3.8) is 0 Å². The van der Waals surface area contributed by atoms with Crippen LogP contribution in [0, 0.1) is 0 Å². The van der Waals surface area contributed by atoms with Gasteiger partial charge in [-0.1, -0.05) is 12.1 Å². The summed E-state index contributed by atoms with van der Waals surface area (Å²) < 4.78 is 28.7. The van der Waals surface area contributed by atoms with Crippen molar-refractivity contribution >= 4 is 22.6 Å². The van der Waals surface area contributed by atoms with Crippen molar-refractivity contribution in [2.75, 3.05) is 12.4 Å². The summed E-state index contributed by atoms with van der Waals surface area (Å²) in [6.45, 7) is -0.644. The van der Waals surface area contributed by atoms with Gasteiger partial charge in [0.15, 0.2) is 0 Å². The first-order chi connectivity index (χ1) is 13.3. The number of benzene rings is 2. The minimum atomic E-state index is -2.86. The molecule has 0 aliphatic rings. The predicted octanol–water partition coefficient (Wildman–Crippen LogP) is 2.92. The SMILES string of the molecule is C[C@@H](C(=O)Nc1ccc2[nH]c(=O)[nH]c2c1)N(C)Cc1ccc(OC(F)F)cc1. The number of alkyl halides is 2. The molecule has 3 aromatic rings. The molecule has 7 nitrogen and oxygen atoms in total. The van der Waals surface area contributed by atoms with Crippen molar-refractivity contribution < 1.29 is 18.3 Å². The van der Waals surface area contributed by atoms with Gasteiger partial charge in [-0.3, -0.25) is 9.69 Å². The molecule has 3 N–H and O–H groups in total. The molecule has 0 saturated heterocycles. The van der Waals surface area contributed by atoms with Crippen LogP contribution < -0.4 is 15.7 Å². The van der Waals surface area contributed by atoms with Gasteiger partial charge in [0, 0.05) is 12.2 Å². The second-order valence-electron chi connectivity index (χ2n) is 6.44. The fourth-order valence-corrected chi connectivity index (χ4v) is 2.76. The number of aromatic nitrogens is 2. The standard InChI is InChI=1S/C19H20F2N4O3/c1-11(25(2)10-12-3-6-14(7-4-12)28-18(20)21)17(26)22-13-5-8-15-16(9-13)24-19(27)23-15/h3-9,11,18H,10H2,1-2H3,(H,22,26)(H2,23,24,27)/t11-/m0/s1. The molecule has 1 amide bonds. The summed E-state index contributed by atoms with van der Waals surface area (Å²) in [6, 6.07) is 10.9. The number of ether oxygens (including phenoxy) is 1. The molecule has 0 aliphatic heterocycles. The zero-order valence-electron chi connectivity index (χ0n) is 15.3. The number of likely N-dealkylation sites (N-methyl/N-ethyl adjacent to an activating group) is 1. The van der Waals surface area contributed by atoms with Crippen LogP contribution in [0.5, 0.6) is 5.75 Å². The Kier molecular flexibility index (Phi) is 5.74. The molecule has 0 fully saturated rings. The highest BCUT2D eigenvalue weighted by Crippen LogP contribution is 2.18. The molecule has 1 aromatic heterocycles. The van der Waals surface area contributed by atoms with Crippen LogP contribution in [0.4, 0.5) is 14.5 Å². The number of H-pyrrole nitrogens is 2. The fraction of sp³-hybridized carbons (Fsp3) is 0.263. The largest absolute Gasteiger partial charge is 0.435 e. The molecule has 0 saturated carbocycles. The molecule has 0 bridgehead atoms. The minimum Gasteiger partial charge on any atom is -0.435 e. The van der Waals surface area contributed by atoms with E-state index in [1.165, 1.54) is 12.1 Å². The van der Waals surface area contributed by atoms with Crippen LogP contribution in [0.15, 0.2) is 47.3 Å². The third kappa shape index (κ3) is 4.74. The molecule has 1 atom stereocenters. The maximum atomic E-state index is 12.5. The number of fused-ring (bicyclic) bond motifs is 1. The van der Waals surface area contributed by atoms with E-state index in [1.807, 2.05) is 4.90 Å². The van der Waals surface area contributed by atoms with Gasteiger partial charge in [0.2, 0.25) is 5.91 Å².